The summed E-state index contributed by atoms with van der Waals surface area (Å²) in [6, 6.07) is 5.09. The van der Waals surface area contributed by atoms with Gasteiger partial charge in [-0.3, -0.25) is 4.79 Å². The van der Waals surface area contributed by atoms with Crippen LogP contribution in [0.3, 0.4) is 0 Å². The molecule has 0 bridgehead atoms. The van der Waals surface area contributed by atoms with Crippen molar-refractivity contribution in [3.05, 3.63) is 23.8 Å². The molecule has 1 N–H and O–H groups in total. The Morgan fingerprint density at radius 2 is 2.00 bits per heavy atom. The number of methoxy groups -OCH3 is 1. The van der Waals surface area contributed by atoms with Gasteiger partial charge in [0.25, 0.3) is 0 Å². The summed E-state index contributed by atoms with van der Waals surface area (Å²) in [5.41, 5.74) is 0.510. The van der Waals surface area contributed by atoms with Crippen LogP contribution < -0.4 is 10.1 Å². The first-order valence-electron chi connectivity index (χ1n) is 8.51. The Labute approximate surface area is 150 Å². The van der Waals surface area contributed by atoms with Gasteiger partial charge in [0.15, 0.2) is 0 Å². The van der Waals surface area contributed by atoms with E-state index in [1.807, 2.05) is 33.8 Å². The van der Waals surface area contributed by atoms with E-state index in [4.69, 9.17) is 4.74 Å². The Kier molecular flexibility index (Phi) is 5.79. The average Bonchev–Trinajstić information content (AvgIpc) is 2.53. The van der Waals surface area contributed by atoms with Crippen LogP contribution >= 0.6 is 0 Å². The minimum atomic E-state index is -3.71. The summed E-state index contributed by atoms with van der Waals surface area (Å²) in [7, 11) is -2.25. The van der Waals surface area contributed by atoms with Gasteiger partial charge in [-0.1, -0.05) is 6.07 Å². The van der Waals surface area contributed by atoms with E-state index in [0.29, 0.717) is 25.1 Å². The maximum Gasteiger partial charge on any atom is 0.246 e. The lowest BCUT2D eigenvalue weighted by Crippen LogP contribution is -2.49. The van der Waals surface area contributed by atoms with Crippen LogP contribution in [0.25, 0.3) is 0 Å². The van der Waals surface area contributed by atoms with Crippen molar-refractivity contribution in [2.45, 2.75) is 51.0 Å². The number of benzene rings is 1. The Morgan fingerprint density at radius 3 is 2.60 bits per heavy atom. The first-order valence-corrected chi connectivity index (χ1v) is 9.95. The van der Waals surface area contributed by atoms with E-state index in [0.717, 1.165) is 5.56 Å². The average molecular weight is 368 g/mol. The Bertz CT molecular complexity index is 738. The fraction of sp³-hybridized carbons (Fsp3) is 0.611. The summed E-state index contributed by atoms with van der Waals surface area (Å²) in [4.78, 5) is 12.6. The Hall–Kier alpha value is -1.60. The maximum atomic E-state index is 13.1. The molecule has 2 rings (SSSR count). The molecule has 140 valence electrons. The summed E-state index contributed by atoms with van der Waals surface area (Å²) in [6.07, 6.45) is 1.36. The predicted molar refractivity (Wildman–Crippen MR) is 97.1 cm³/mol. The molecule has 7 heteroatoms. The first kappa shape index (κ1) is 19.7. The second kappa shape index (κ2) is 7.33. The van der Waals surface area contributed by atoms with Crippen molar-refractivity contribution >= 4 is 15.9 Å². The Morgan fingerprint density at radius 1 is 1.32 bits per heavy atom. The van der Waals surface area contributed by atoms with Crippen molar-refractivity contribution < 1.29 is 17.9 Å². The molecule has 1 aliphatic heterocycles. The van der Waals surface area contributed by atoms with Gasteiger partial charge in [-0.05, 0) is 58.2 Å². The van der Waals surface area contributed by atoms with Crippen LogP contribution in [0, 0.1) is 12.8 Å². The number of sulfonamides is 1. The van der Waals surface area contributed by atoms with Gasteiger partial charge in [0, 0.05) is 18.6 Å². The molecule has 0 unspecified atom stereocenters. The van der Waals surface area contributed by atoms with Gasteiger partial charge in [-0.15, -0.1) is 0 Å². The number of piperidine rings is 1. The lowest BCUT2D eigenvalue weighted by Gasteiger charge is -2.33. The van der Waals surface area contributed by atoms with Crippen LogP contribution in [0.15, 0.2) is 23.1 Å². The lowest BCUT2D eigenvalue weighted by molar-refractivity contribution is -0.127. The SMILES string of the molecule is COc1ccc(C)cc1S(=O)(=O)N1CCC[C@H](C(=O)NC(C)(C)C)C1. The molecule has 1 aromatic carbocycles. The molecule has 1 saturated heterocycles. The number of hydrogen-bond acceptors (Lipinski definition) is 4. The van der Waals surface area contributed by atoms with Crippen LogP contribution in [0.4, 0.5) is 0 Å². The number of hydrogen-bond donors (Lipinski definition) is 1. The van der Waals surface area contributed by atoms with Gasteiger partial charge in [0.1, 0.15) is 10.6 Å². The van der Waals surface area contributed by atoms with Gasteiger partial charge in [-0.2, -0.15) is 4.31 Å². The number of carbonyl (C=O) groups excluding carboxylic acids is 1. The second-order valence-corrected chi connectivity index (χ2v) is 9.50. The van der Waals surface area contributed by atoms with Crippen LogP contribution in [-0.2, 0) is 14.8 Å². The standard InChI is InChI=1S/C18H28N2O4S/c1-13-8-9-15(24-5)16(11-13)25(22,23)20-10-6-7-14(12-20)17(21)19-18(2,3)4/h8-9,11,14H,6-7,10,12H2,1-5H3,(H,19,21)/t14-/m0/s1. The van der Waals surface area contributed by atoms with Crippen LogP contribution in [0.5, 0.6) is 5.75 Å². The molecule has 1 atom stereocenters. The molecule has 1 heterocycles. The van der Waals surface area contributed by atoms with Crippen molar-refractivity contribution in [1.82, 2.24) is 9.62 Å². The van der Waals surface area contributed by atoms with Crippen molar-refractivity contribution in [1.29, 1.82) is 0 Å². The number of nitrogens with one attached hydrogen (secondary N) is 1. The molecular formula is C18H28N2O4S. The highest BCUT2D eigenvalue weighted by atomic mass is 32.2. The zero-order valence-electron chi connectivity index (χ0n) is 15.6. The molecule has 0 radical (unpaired) electrons. The van der Waals surface area contributed by atoms with E-state index in [2.05, 4.69) is 5.32 Å². The number of carbonyl (C=O) groups is 1. The summed E-state index contributed by atoms with van der Waals surface area (Å²) in [5, 5.41) is 2.95. The quantitative estimate of drug-likeness (QED) is 0.885. The number of aryl methyl sites for hydroxylation is 1. The number of nitrogens with zero attached hydrogens (tertiary/aromatic N) is 1. The van der Waals surface area contributed by atoms with E-state index in [1.54, 1.807) is 12.1 Å². The fourth-order valence-corrected chi connectivity index (χ4v) is 4.74. The maximum absolute atomic E-state index is 13.1. The van der Waals surface area contributed by atoms with E-state index in [1.165, 1.54) is 11.4 Å². The zero-order valence-corrected chi connectivity index (χ0v) is 16.4. The topological polar surface area (TPSA) is 75.7 Å². The molecule has 1 aliphatic rings. The third-order valence-electron chi connectivity index (χ3n) is 4.19. The molecule has 1 fully saturated rings. The highest BCUT2D eigenvalue weighted by molar-refractivity contribution is 7.89. The van der Waals surface area contributed by atoms with Crippen LogP contribution in [-0.4, -0.2) is 44.4 Å². The molecular weight excluding hydrogens is 340 g/mol. The van der Waals surface area contributed by atoms with Crippen molar-refractivity contribution in [3.63, 3.8) is 0 Å². The smallest absolute Gasteiger partial charge is 0.246 e. The third kappa shape index (κ3) is 4.73. The molecule has 25 heavy (non-hydrogen) atoms. The summed E-state index contributed by atoms with van der Waals surface area (Å²) >= 11 is 0. The van der Waals surface area contributed by atoms with Gasteiger partial charge >= 0.3 is 0 Å². The molecule has 1 aromatic rings. The fourth-order valence-electron chi connectivity index (χ4n) is 2.97. The molecule has 0 aliphatic carbocycles. The molecule has 1 amide bonds. The van der Waals surface area contributed by atoms with Gasteiger partial charge < -0.3 is 10.1 Å². The van der Waals surface area contributed by atoms with E-state index in [9.17, 15) is 13.2 Å². The van der Waals surface area contributed by atoms with Crippen molar-refractivity contribution in [2.75, 3.05) is 20.2 Å². The first-order chi connectivity index (χ1) is 11.5. The lowest BCUT2D eigenvalue weighted by atomic mass is 9.97. The molecule has 0 spiro atoms. The van der Waals surface area contributed by atoms with E-state index < -0.39 is 10.0 Å². The third-order valence-corrected chi connectivity index (χ3v) is 6.08. The summed E-state index contributed by atoms with van der Waals surface area (Å²) < 4.78 is 32.8. The van der Waals surface area contributed by atoms with E-state index in [-0.39, 0.29) is 28.8 Å². The number of ether oxygens (including phenoxy) is 1. The van der Waals surface area contributed by atoms with Crippen molar-refractivity contribution in [2.24, 2.45) is 5.92 Å². The number of rotatable bonds is 4. The van der Waals surface area contributed by atoms with Crippen molar-refractivity contribution in [3.8, 4) is 5.75 Å². The van der Waals surface area contributed by atoms with Gasteiger partial charge in [0.2, 0.25) is 15.9 Å². The van der Waals surface area contributed by atoms with Gasteiger partial charge in [-0.25, -0.2) is 8.42 Å². The largest absolute Gasteiger partial charge is 0.495 e. The highest BCUT2D eigenvalue weighted by Crippen LogP contribution is 2.30. The Balaban J connectivity index is 2.25. The minimum absolute atomic E-state index is 0.0939. The van der Waals surface area contributed by atoms with Crippen LogP contribution in [0.2, 0.25) is 0 Å². The normalized spacial score (nSPS) is 19.5. The predicted octanol–water partition coefficient (Wildman–Crippen LogP) is 2.32. The summed E-state index contributed by atoms with van der Waals surface area (Å²) in [5.74, 6) is -0.103. The monoisotopic (exact) mass is 368 g/mol. The second-order valence-electron chi connectivity index (χ2n) is 7.60. The van der Waals surface area contributed by atoms with E-state index >= 15 is 0 Å². The van der Waals surface area contributed by atoms with Crippen LogP contribution in [0.1, 0.15) is 39.2 Å². The molecule has 6 nitrogen and oxygen atoms in total. The molecule has 0 aromatic heterocycles. The minimum Gasteiger partial charge on any atom is -0.495 e. The highest BCUT2D eigenvalue weighted by Gasteiger charge is 2.35. The zero-order chi connectivity index (χ0) is 18.8. The van der Waals surface area contributed by atoms with Gasteiger partial charge in [0.05, 0.1) is 13.0 Å². The molecule has 0 saturated carbocycles. The summed E-state index contributed by atoms with van der Waals surface area (Å²) in [6.45, 7) is 8.20. The number of amides is 1.